The van der Waals surface area contributed by atoms with Crippen LogP contribution >= 0.6 is 11.5 Å². The second-order valence-electron chi connectivity index (χ2n) is 4.06. The highest BCUT2D eigenvalue weighted by atomic mass is 32.1. The number of rotatable bonds is 4. The SMILES string of the molecule is NCC1(CC(=O)Nc2cnns2)CCC1. The Hall–Kier alpha value is -1.01. The molecule has 1 aromatic heterocycles. The maximum Gasteiger partial charge on any atom is 0.225 e. The highest BCUT2D eigenvalue weighted by Crippen LogP contribution is 2.43. The van der Waals surface area contributed by atoms with Gasteiger partial charge in [0.05, 0.1) is 6.20 Å². The number of amides is 1. The van der Waals surface area contributed by atoms with Gasteiger partial charge in [-0.15, -0.1) is 5.10 Å². The molecule has 5 nitrogen and oxygen atoms in total. The Balaban J connectivity index is 1.87. The first-order chi connectivity index (χ1) is 7.24. The van der Waals surface area contributed by atoms with E-state index in [-0.39, 0.29) is 11.3 Å². The highest BCUT2D eigenvalue weighted by Gasteiger charge is 2.37. The Morgan fingerprint density at radius 1 is 1.67 bits per heavy atom. The number of nitrogens with zero attached hydrogens (tertiary/aromatic N) is 2. The Kier molecular flexibility index (Phi) is 2.97. The second kappa shape index (κ2) is 4.24. The Bertz CT molecular complexity index is 328. The van der Waals surface area contributed by atoms with Crippen LogP contribution in [0, 0.1) is 5.41 Å². The van der Waals surface area contributed by atoms with E-state index in [0.717, 1.165) is 12.8 Å². The molecule has 1 amide bonds. The van der Waals surface area contributed by atoms with Gasteiger partial charge < -0.3 is 11.1 Å². The maximum atomic E-state index is 11.7. The fraction of sp³-hybridized carbons (Fsp3) is 0.667. The molecule has 15 heavy (non-hydrogen) atoms. The van der Waals surface area contributed by atoms with Crippen LogP contribution in [0.2, 0.25) is 0 Å². The molecule has 1 fully saturated rings. The van der Waals surface area contributed by atoms with Crippen LogP contribution < -0.4 is 11.1 Å². The van der Waals surface area contributed by atoms with E-state index in [1.54, 1.807) is 6.20 Å². The van der Waals surface area contributed by atoms with E-state index in [4.69, 9.17) is 5.73 Å². The fourth-order valence-corrected chi connectivity index (χ4v) is 2.31. The number of carbonyl (C=O) groups is 1. The normalized spacial score (nSPS) is 18.2. The van der Waals surface area contributed by atoms with Crippen LogP contribution in [0.4, 0.5) is 5.00 Å². The summed E-state index contributed by atoms with van der Waals surface area (Å²) in [4.78, 5) is 11.7. The van der Waals surface area contributed by atoms with Gasteiger partial charge in [0.25, 0.3) is 0 Å². The first-order valence-electron chi connectivity index (χ1n) is 5.01. The van der Waals surface area contributed by atoms with E-state index < -0.39 is 0 Å². The van der Waals surface area contributed by atoms with Crippen LogP contribution in [-0.4, -0.2) is 22.0 Å². The van der Waals surface area contributed by atoms with Crippen molar-refractivity contribution in [3.63, 3.8) is 0 Å². The van der Waals surface area contributed by atoms with E-state index in [0.29, 0.717) is 18.0 Å². The zero-order chi connectivity index (χ0) is 10.7. The van der Waals surface area contributed by atoms with Crippen LogP contribution in [0.1, 0.15) is 25.7 Å². The highest BCUT2D eigenvalue weighted by molar-refractivity contribution is 7.10. The van der Waals surface area contributed by atoms with Crippen molar-refractivity contribution in [1.29, 1.82) is 0 Å². The molecule has 0 aliphatic heterocycles. The number of hydrogen-bond donors (Lipinski definition) is 2. The summed E-state index contributed by atoms with van der Waals surface area (Å²) in [5.74, 6) is 0.0196. The van der Waals surface area contributed by atoms with Gasteiger partial charge in [0, 0.05) is 18.0 Å². The van der Waals surface area contributed by atoms with E-state index in [9.17, 15) is 4.79 Å². The van der Waals surface area contributed by atoms with Crippen molar-refractivity contribution in [1.82, 2.24) is 9.59 Å². The summed E-state index contributed by atoms with van der Waals surface area (Å²) in [6.45, 7) is 0.599. The second-order valence-corrected chi connectivity index (χ2v) is 4.85. The fourth-order valence-electron chi connectivity index (χ4n) is 1.87. The molecular formula is C9H14N4OS. The summed E-state index contributed by atoms with van der Waals surface area (Å²) in [6, 6.07) is 0. The first-order valence-corrected chi connectivity index (χ1v) is 5.79. The van der Waals surface area contributed by atoms with Gasteiger partial charge in [0.2, 0.25) is 5.91 Å². The topological polar surface area (TPSA) is 80.9 Å². The minimum absolute atomic E-state index is 0.0196. The monoisotopic (exact) mass is 226 g/mol. The largest absolute Gasteiger partial charge is 0.330 e. The summed E-state index contributed by atoms with van der Waals surface area (Å²) >= 11 is 1.19. The average molecular weight is 226 g/mol. The van der Waals surface area contributed by atoms with Gasteiger partial charge in [0.15, 0.2) is 0 Å². The van der Waals surface area contributed by atoms with Gasteiger partial charge in [-0.3, -0.25) is 4.79 Å². The van der Waals surface area contributed by atoms with Crippen LogP contribution in [0.5, 0.6) is 0 Å². The first kappa shape index (κ1) is 10.5. The zero-order valence-electron chi connectivity index (χ0n) is 8.40. The summed E-state index contributed by atoms with van der Waals surface area (Å²) in [5.41, 5.74) is 5.75. The zero-order valence-corrected chi connectivity index (χ0v) is 9.22. The van der Waals surface area contributed by atoms with Crippen LogP contribution in [0.3, 0.4) is 0 Å². The average Bonchev–Trinajstić information content (AvgIpc) is 2.64. The molecule has 2 rings (SSSR count). The van der Waals surface area contributed by atoms with Gasteiger partial charge >= 0.3 is 0 Å². The molecule has 0 saturated heterocycles. The molecule has 1 aliphatic rings. The van der Waals surface area contributed by atoms with Gasteiger partial charge in [-0.25, -0.2) is 0 Å². The van der Waals surface area contributed by atoms with Crippen molar-refractivity contribution >= 4 is 22.4 Å². The Morgan fingerprint density at radius 2 is 2.47 bits per heavy atom. The molecule has 6 heteroatoms. The van der Waals surface area contributed by atoms with Crippen molar-refractivity contribution in [3.05, 3.63) is 6.20 Å². The third kappa shape index (κ3) is 2.32. The lowest BCUT2D eigenvalue weighted by Crippen LogP contribution is -2.40. The lowest BCUT2D eigenvalue weighted by atomic mass is 9.66. The standard InChI is InChI=1S/C9H14N4OS/c10-6-9(2-1-3-9)4-7(14)12-8-5-11-13-15-8/h5H,1-4,6,10H2,(H,12,14). The number of nitrogens with two attached hydrogens (primary N) is 1. The molecular weight excluding hydrogens is 212 g/mol. The number of aromatic nitrogens is 2. The van der Waals surface area contributed by atoms with Crippen molar-refractivity contribution in [2.24, 2.45) is 11.1 Å². The molecule has 1 saturated carbocycles. The van der Waals surface area contributed by atoms with Crippen LogP contribution in [-0.2, 0) is 4.79 Å². The molecule has 0 aromatic carbocycles. The predicted molar refractivity (Wildman–Crippen MR) is 58.5 cm³/mol. The predicted octanol–water partition coefficient (Wildman–Crippen LogP) is 0.996. The number of nitrogens with one attached hydrogen (secondary N) is 1. The lowest BCUT2D eigenvalue weighted by molar-refractivity contribution is -0.119. The van der Waals surface area contributed by atoms with E-state index in [2.05, 4.69) is 14.9 Å². The molecule has 1 heterocycles. The van der Waals surface area contributed by atoms with Crippen LogP contribution in [0.25, 0.3) is 0 Å². The van der Waals surface area contributed by atoms with Gasteiger partial charge in [-0.2, -0.15) is 0 Å². The third-order valence-electron chi connectivity index (χ3n) is 3.01. The summed E-state index contributed by atoms with van der Waals surface area (Å²) in [5, 5.41) is 7.13. The van der Waals surface area contributed by atoms with E-state index in [1.165, 1.54) is 18.0 Å². The Morgan fingerprint density at radius 3 is 2.93 bits per heavy atom. The molecule has 82 valence electrons. The lowest BCUT2D eigenvalue weighted by Gasteiger charge is -2.40. The van der Waals surface area contributed by atoms with Crippen molar-refractivity contribution in [2.45, 2.75) is 25.7 Å². The quantitative estimate of drug-likeness (QED) is 0.802. The minimum Gasteiger partial charge on any atom is -0.330 e. The third-order valence-corrected chi connectivity index (χ3v) is 3.59. The summed E-state index contributed by atoms with van der Waals surface area (Å²) in [6.07, 6.45) is 5.39. The Labute approximate surface area is 92.2 Å². The summed E-state index contributed by atoms with van der Waals surface area (Å²) in [7, 11) is 0. The molecule has 0 radical (unpaired) electrons. The van der Waals surface area contributed by atoms with E-state index >= 15 is 0 Å². The van der Waals surface area contributed by atoms with Crippen LogP contribution in [0.15, 0.2) is 6.20 Å². The molecule has 1 aromatic rings. The van der Waals surface area contributed by atoms with Gasteiger partial charge in [-0.05, 0) is 24.8 Å². The molecule has 0 atom stereocenters. The van der Waals surface area contributed by atoms with Crippen molar-refractivity contribution < 1.29 is 4.79 Å². The maximum absolute atomic E-state index is 11.7. The van der Waals surface area contributed by atoms with Crippen molar-refractivity contribution in [2.75, 3.05) is 11.9 Å². The van der Waals surface area contributed by atoms with E-state index in [1.807, 2.05) is 0 Å². The molecule has 0 bridgehead atoms. The number of carbonyl (C=O) groups excluding carboxylic acids is 1. The summed E-state index contributed by atoms with van der Waals surface area (Å²) < 4.78 is 3.68. The molecule has 1 aliphatic carbocycles. The van der Waals surface area contributed by atoms with Gasteiger partial charge in [0.1, 0.15) is 5.00 Å². The minimum atomic E-state index is 0.0196. The van der Waals surface area contributed by atoms with Crippen molar-refractivity contribution in [3.8, 4) is 0 Å². The molecule has 0 unspecified atom stereocenters. The smallest absolute Gasteiger partial charge is 0.225 e. The number of hydrogen-bond acceptors (Lipinski definition) is 5. The molecule has 0 spiro atoms. The molecule has 3 N–H and O–H groups in total. The number of anilines is 1. The van der Waals surface area contributed by atoms with Gasteiger partial charge in [-0.1, -0.05) is 10.9 Å².